The number of benzene rings is 8. The Kier molecular flexibility index (Phi) is 33.5. The van der Waals surface area contributed by atoms with Gasteiger partial charge in [-0.25, -0.2) is 37.8 Å². The maximum Gasteiger partial charge on any atom is 0.330 e. The molecule has 12 atom stereocenters. The van der Waals surface area contributed by atoms with E-state index in [4.69, 9.17) is 33.7 Å². The Morgan fingerprint density at radius 1 is 0.516 bits per heavy atom. The van der Waals surface area contributed by atoms with Gasteiger partial charge in [-0.3, -0.25) is 48.2 Å². The highest BCUT2D eigenvalue weighted by molar-refractivity contribution is 6.31. The number of alkyl halides is 2. The van der Waals surface area contributed by atoms with Crippen molar-refractivity contribution in [3.63, 3.8) is 0 Å². The van der Waals surface area contributed by atoms with Gasteiger partial charge in [0.25, 0.3) is 5.92 Å². The normalized spacial score (nSPS) is 20.0. The molecule has 14 rings (SSSR count). The van der Waals surface area contributed by atoms with Crippen molar-refractivity contribution in [2.24, 2.45) is 41.4 Å². The number of nitrogens with two attached hydrogens (primary N) is 1. The number of halogens is 4. The lowest BCUT2D eigenvalue weighted by atomic mass is 9.61. The number of amides is 8. The number of hydrogen-bond acceptors (Lipinski definition) is 15. The number of carboxylic acid groups (broad SMARTS) is 3. The minimum absolute atomic E-state index is 0.0111. The lowest BCUT2D eigenvalue weighted by Gasteiger charge is -2.45. The first-order valence-corrected chi connectivity index (χ1v) is 43.9. The number of likely N-dealkylation sites (tertiary alicyclic amines) is 3. The molecule has 5 aliphatic rings. The van der Waals surface area contributed by atoms with Crippen molar-refractivity contribution in [3.8, 4) is 0 Å². The van der Waals surface area contributed by atoms with Crippen molar-refractivity contribution in [2.45, 2.75) is 179 Å². The van der Waals surface area contributed by atoms with Crippen molar-refractivity contribution in [1.82, 2.24) is 29.9 Å². The Hall–Kier alpha value is -12.6. The molecular formula is C101H107Cl2F2N7O16. The van der Waals surface area contributed by atoms with Crippen LogP contribution < -0.4 is 11.1 Å². The Labute approximate surface area is 753 Å². The highest BCUT2D eigenvalue weighted by Crippen LogP contribution is 2.44. The highest BCUT2D eigenvalue weighted by Gasteiger charge is 2.60. The van der Waals surface area contributed by atoms with Crippen LogP contribution in [0, 0.1) is 48.3 Å². The van der Waals surface area contributed by atoms with Gasteiger partial charge < -0.3 is 36.0 Å². The van der Waals surface area contributed by atoms with E-state index >= 15 is 0 Å². The van der Waals surface area contributed by atoms with Gasteiger partial charge in [-0.1, -0.05) is 255 Å². The molecule has 8 aromatic carbocycles. The molecule has 1 unspecified atom stereocenters. The van der Waals surface area contributed by atoms with Crippen LogP contribution in [-0.4, -0.2) is 148 Å². The maximum absolute atomic E-state index is 14.3. The molecule has 5 fully saturated rings. The number of nitrogens with zero attached hydrogens (tertiary/aromatic N) is 5. The first-order valence-electron chi connectivity index (χ1n) is 43.2. The van der Waals surface area contributed by atoms with Gasteiger partial charge in [0.2, 0.25) is 35.4 Å². The number of aliphatic carboxylic acids is 3. The second-order valence-corrected chi connectivity index (χ2v) is 34.5. The number of anilines is 1. The second kappa shape index (κ2) is 44.7. The third-order valence-electron chi connectivity index (χ3n) is 24.9. The zero-order valence-electron chi connectivity index (χ0n) is 72.0. The molecule has 6 N–H and O–H groups in total. The molecule has 3 saturated heterocycles. The van der Waals surface area contributed by atoms with Crippen LogP contribution in [-0.2, 0) is 89.8 Å². The number of pyridine rings is 1. The minimum atomic E-state index is -3.16. The van der Waals surface area contributed by atoms with Crippen LogP contribution in [0.25, 0.3) is 0 Å². The molecule has 0 bridgehead atoms. The van der Waals surface area contributed by atoms with E-state index in [2.05, 4.69) is 10.3 Å². The lowest BCUT2D eigenvalue weighted by Crippen LogP contribution is -2.68. The number of β-lactam (4-membered cyclic amide) rings is 3. The van der Waals surface area contributed by atoms with Crippen molar-refractivity contribution in [2.75, 3.05) is 12.8 Å². The molecule has 3 aliphatic heterocycles. The summed E-state index contributed by atoms with van der Waals surface area (Å²) in [5.41, 5.74) is 15.3. The van der Waals surface area contributed by atoms with Crippen LogP contribution >= 0.6 is 23.2 Å². The molecule has 27 heteroatoms. The lowest BCUT2D eigenvalue weighted by molar-refractivity contribution is -0.180. The van der Waals surface area contributed by atoms with Gasteiger partial charge in [0.1, 0.15) is 36.2 Å². The summed E-state index contributed by atoms with van der Waals surface area (Å²) in [7, 11) is 1.57. The molecule has 1 aromatic heterocycles. The first-order chi connectivity index (χ1) is 61.3. The van der Waals surface area contributed by atoms with E-state index in [0.29, 0.717) is 73.7 Å². The van der Waals surface area contributed by atoms with Crippen LogP contribution in [0.15, 0.2) is 243 Å². The third-order valence-corrected chi connectivity index (χ3v) is 25.3. The summed E-state index contributed by atoms with van der Waals surface area (Å²) < 4.78 is 34.1. The summed E-state index contributed by atoms with van der Waals surface area (Å²) in [5, 5.41) is 32.5. The van der Waals surface area contributed by atoms with E-state index in [1.54, 1.807) is 55.7 Å². The van der Waals surface area contributed by atoms with Crippen molar-refractivity contribution in [3.05, 3.63) is 308 Å². The minimum Gasteiger partial charge on any atom is -0.481 e. The van der Waals surface area contributed by atoms with Gasteiger partial charge >= 0.3 is 29.9 Å². The second-order valence-electron chi connectivity index (χ2n) is 33.6. The smallest absolute Gasteiger partial charge is 0.330 e. The Morgan fingerprint density at radius 3 is 1.43 bits per heavy atom. The number of rotatable bonds is 31. The number of imide groups is 3. The molecule has 0 spiro atoms. The quantitative estimate of drug-likeness (QED) is 0.0153. The predicted molar refractivity (Wildman–Crippen MR) is 479 cm³/mol. The largest absolute Gasteiger partial charge is 0.481 e. The number of nitrogens with one attached hydrogen (secondary N) is 1. The zero-order chi connectivity index (χ0) is 92.0. The molecule has 0 radical (unpaired) electrons. The molecule has 4 heterocycles. The number of hydrogen-bond donors (Lipinski definition) is 5. The molecule has 2 aliphatic carbocycles. The molecule has 128 heavy (non-hydrogen) atoms. The summed E-state index contributed by atoms with van der Waals surface area (Å²) in [4.78, 5) is 160. The van der Waals surface area contributed by atoms with Gasteiger partial charge in [0.15, 0.2) is 6.04 Å². The van der Waals surface area contributed by atoms with Crippen LogP contribution in [0.5, 0.6) is 0 Å². The SMILES string of the molecule is CC(F)(F)[C@@H](NC(=O)C1C(=O)[C@H](CCc2cccc(Cl)c2)[C@H]1C(=O)O)C1CCCCC1.C[C@H](c1ccccc1)N(C)C(=O)N1C(=O)[C@H](CCc2cccc(Cl)c2)[C@H]1C(=O)O.Cc1ccc(CC[C@H]2C(=O)N(C(=O)C[C@H](C)c3ccccc3)[C@@H]2C(=O)OCc2ccccc2)cc1.Nc1cc(CC[C@H]2C(=O)N(C(=O)CC(c3ccccc3)c3ccccc3)[C@@H]2C(=O)O)ccn1. The number of esters is 1. The van der Waals surface area contributed by atoms with Crippen molar-refractivity contribution in [1.29, 1.82) is 0 Å². The first kappa shape index (κ1) is 96.0. The molecule has 8 amide bonds. The van der Waals surface area contributed by atoms with Gasteiger partial charge in [-0.15, -0.1) is 0 Å². The molecule has 2 saturated carbocycles. The van der Waals surface area contributed by atoms with E-state index in [1.165, 1.54) is 10.5 Å². The number of carbonyl (C=O) groups is 12. The van der Waals surface area contributed by atoms with Gasteiger partial charge in [-0.2, -0.15) is 0 Å². The summed E-state index contributed by atoms with van der Waals surface area (Å²) in [6.07, 6.45) is 9.02. The molecule has 23 nitrogen and oxygen atoms in total. The van der Waals surface area contributed by atoms with Crippen molar-refractivity contribution < 1.29 is 86.4 Å². The number of carboxylic acids is 3. The summed E-state index contributed by atoms with van der Waals surface area (Å²) >= 11 is 11.9. The maximum atomic E-state index is 14.3. The van der Waals surface area contributed by atoms with E-state index in [1.807, 2.05) is 215 Å². The standard InChI is InChI=1S/C30H31NO4.C26H25N3O4.C23H28ClF2NO4.C22H23ClN2O4/c1-21-13-15-23(16-14-21)17-18-26-28(30(34)35-20-24-9-5-3-6-10-24)31(29(26)33)27(32)19-22(2)25-11-7-4-8-12-25;27-22-15-17(13-14-28-22)11-12-20-24(26(32)33)29(25(20)31)23(30)16-21(18-7-3-1-4-8-18)19-9-5-2-6-10-19;1-23(25,26)20(14-7-3-2-4-8-14)27-21(29)18-17(22(30)31)16(19(18)28)11-10-13-6-5-9-15(24)12-13;1-14(16-8-4-3-5-9-16)24(2)22(29)25-19(21(27)28)18(20(25)26)12-11-15-7-6-10-17(23)13-15/h3-16,22,26,28H,17-20H2,1-2H3;1-10,13-15,20-21,24H,11-12,16H2,(H2,27,28)(H,32,33);5-6,9,12,14,16-18,20H,2-4,7-8,10-11H2,1H3,(H,27,29)(H,30,31);3-10,13-14,18-19H,11-12H2,1-2H3,(H,27,28)/t22-,26+,28-;20-,24+;16-,17-,18?,20+;14-,18-,19+/m0111/s1. The van der Waals surface area contributed by atoms with E-state index < -0.39 is 125 Å². The van der Waals surface area contributed by atoms with Crippen molar-refractivity contribution >= 4 is 100 Å². The number of urea groups is 1. The molecule has 670 valence electrons. The van der Waals surface area contributed by atoms with E-state index in [-0.39, 0.29) is 61.5 Å². The van der Waals surface area contributed by atoms with Crippen LogP contribution in [0.3, 0.4) is 0 Å². The fourth-order valence-corrected chi connectivity index (χ4v) is 18.0. The van der Waals surface area contributed by atoms with E-state index in [0.717, 1.165) is 91.0 Å². The Morgan fingerprint density at radius 2 is 0.945 bits per heavy atom. The van der Waals surface area contributed by atoms with Crippen LogP contribution in [0.4, 0.5) is 19.4 Å². The number of aromatic nitrogens is 1. The predicted octanol–water partition coefficient (Wildman–Crippen LogP) is 17.0. The van der Waals surface area contributed by atoms with Crippen LogP contribution in [0.2, 0.25) is 10.0 Å². The monoisotopic (exact) mass is 1780 g/mol. The molecule has 9 aromatic rings. The number of Topliss-reactive ketones (excluding diaryl/α,β-unsaturated/α-hetero) is 1. The number of ether oxygens (including phenoxy) is 1. The zero-order valence-corrected chi connectivity index (χ0v) is 73.5. The average molecular weight is 1780 g/mol. The number of ketones is 1. The third kappa shape index (κ3) is 24.4. The number of carbonyl (C=O) groups excluding carboxylic acids is 9. The van der Waals surface area contributed by atoms with Gasteiger partial charge in [0, 0.05) is 54.9 Å². The Balaban J connectivity index is 0.000000166. The number of aryl methyl sites for hydroxylation is 5. The number of nitrogen functional groups attached to an aromatic ring is 1. The fourth-order valence-electron chi connectivity index (χ4n) is 17.6. The summed E-state index contributed by atoms with van der Waals surface area (Å²) in [6.45, 7) is 6.69. The fraction of sp³-hybridized carbons (Fsp3) is 0.356. The van der Waals surface area contributed by atoms with E-state index in [9.17, 15) is 81.6 Å². The molecular weight excluding hydrogens is 1680 g/mol. The topological polar surface area (TPSA) is 339 Å². The highest BCUT2D eigenvalue weighted by atomic mass is 35.5. The Bertz CT molecular complexity index is 5340. The summed E-state index contributed by atoms with van der Waals surface area (Å²) in [6, 6.07) is 68.0. The van der Waals surface area contributed by atoms with Crippen LogP contribution in [0.1, 0.15) is 165 Å². The summed E-state index contributed by atoms with van der Waals surface area (Å²) in [5.74, 6) is -16.5. The van der Waals surface area contributed by atoms with Gasteiger partial charge in [0.05, 0.1) is 35.8 Å². The van der Waals surface area contributed by atoms with Gasteiger partial charge in [-0.05, 0) is 176 Å². The average Bonchev–Trinajstić information content (AvgIpc) is 0.772.